The zero-order valence-corrected chi connectivity index (χ0v) is 13.2. The lowest BCUT2D eigenvalue weighted by molar-refractivity contribution is -0.123. The molecule has 4 nitrogen and oxygen atoms in total. The second kappa shape index (κ2) is 5.89. The van der Waals surface area contributed by atoms with E-state index in [-0.39, 0.29) is 5.91 Å². The van der Waals surface area contributed by atoms with Crippen molar-refractivity contribution in [2.45, 2.75) is 18.5 Å². The van der Waals surface area contributed by atoms with Crippen LogP contribution in [0.1, 0.15) is 17.5 Å². The minimum absolute atomic E-state index is 0.0885. The molecule has 1 amide bonds. The van der Waals surface area contributed by atoms with Gasteiger partial charge in [-0.25, -0.2) is 0 Å². The minimum Gasteiger partial charge on any atom is -0.497 e. The number of nitrogens with two attached hydrogens (primary N) is 1. The average molecular weight is 308 g/mol. The van der Waals surface area contributed by atoms with Gasteiger partial charge < -0.3 is 15.4 Å². The lowest BCUT2D eigenvalue weighted by atomic mass is 9.89. The summed E-state index contributed by atoms with van der Waals surface area (Å²) in [5.41, 5.74) is 8.17. The van der Waals surface area contributed by atoms with Gasteiger partial charge in [-0.2, -0.15) is 0 Å². The Morgan fingerprint density at radius 2 is 1.91 bits per heavy atom. The summed E-state index contributed by atoms with van der Waals surface area (Å²) >= 11 is 0. The molecule has 0 saturated carbocycles. The van der Waals surface area contributed by atoms with Gasteiger partial charge in [-0.1, -0.05) is 36.4 Å². The summed E-state index contributed by atoms with van der Waals surface area (Å²) in [4.78, 5) is 14.7. The predicted molar refractivity (Wildman–Crippen MR) is 91.3 cm³/mol. The largest absolute Gasteiger partial charge is 0.497 e. The Labute approximate surface area is 136 Å². The standard InChI is InChI=1S/C19H20N2O2/c1-3-12-19(20)16-6-4-5-7-17(16)21(18(19)22)13-14-8-10-15(23-2)11-9-14/h3-11H,1,12-13,20H2,2H3/t19-/m0/s1. The Morgan fingerprint density at radius 1 is 1.22 bits per heavy atom. The highest BCUT2D eigenvalue weighted by Gasteiger charge is 2.46. The van der Waals surface area contributed by atoms with Crippen LogP contribution in [-0.2, 0) is 16.9 Å². The number of nitrogens with zero attached hydrogens (tertiary/aromatic N) is 1. The molecular weight excluding hydrogens is 288 g/mol. The van der Waals surface area contributed by atoms with Gasteiger partial charge >= 0.3 is 0 Å². The van der Waals surface area contributed by atoms with Crippen molar-refractivity contribution in [3.8, 4) is 5.75 Å². The Bertz CT molecular complexity index is 739. The number of fused-ring (bicyclic) bond motifs is 1. The number of ether oxygens (including phenoxy) is 1. The molecule has 0 fully saturated rings. The SMILES string of the molecule is C=CC[C@@]1(N)C(=O)N(Cc2ccc(OC)cc2)c2ccccc21. The maximum atomic E-state index is 12.9. The summed E-state index contributed by atoms with van der Waals surface area (Å²) in [6.07, 6.45) is 2.12. The molecule has 0 aromatic heterocycles. The van der Waals surface area contributed by atoms with Crippen LogP contribution in [0.25, 0.3) is 0 Å². The van der Waals surface area contributed by atoms with Crippen molar-refractivity contribution < 1.29 is 9.53 Å². The molecule has 0 bridgehead atoms. The van der Waals surface area contributed by atoms with Crippen LogP contribution in [-0.4, -0.2) is 13.0 Å². The summed E-state index contributed by atoms with van der Waals surface area (Å²) in [5, 5.41) is 0. The Kier molecular flexibility index (Phi) is 3.92. The third-order valence-electron chi connectivity index (χ3n) is 4.27. The van der Waals surface area contributed by atoms with E-state index >= 15 is 0 Å². The number of benzene rings is 2. The van der Waals surface area contributed by atoms with Gasteiger partial charge in [0.25, 0.3) is 5.91 Å². The van der Waals surface area contributed by atoms with Gasteiger partial charge in [-0.3, -0.25) is 4.79 Å². The number of para-hydroxylation sites is 1. The van der Waals surface area contributed by atoms with E-state index < -0.39 is 5.54 Å². The van der Waals surface area contributed by atoms with Crippen LogP contribution in [0.2, 0.25) is 0 Å². The van der Waals surface area contributed by atoms with Crippen LogP contribution < -0.4 is 15.4 Å². The van der Waals surface area contributed by atoms with Crippen LogP contribution in [0.4, 0.5) is 5.69 Å². The topological polar surface area (TPSA) is 55.6 Å². The van der Waals surface area contributed by atoms with E-state index in [9.17, 15) is 4.79 Å². The zero-order chi connectivity index (χ0) is 16.4. The average Bonchev–Trinajstić information content (AvgIpc) is 2.78. The number of hydrogen-bond donors (Lipinski definition) is 1. The van der Waals surface area contributed by atoms with Gasteiger partial charge in [0.1, 0.15) is 11.3 Å². The van der Waals surface area contributed by atoms with Crippen molar-refractivity contribution in [2.75, 3.05) is 12.0 Å². The molecule has 1 aliphatic heterocycles. The maximum absolute atomic E-state index is 12.9. The van der Waals surface area contributed by atoms with E-state index in [0.29, 0.717) is 13.0 Å². The van der Waals surface area contributed by atoms with E-state index in [2.05, 4.69) is 6.58 Å². The molecule has 4 heteroatoms. The summed E-state index contributed by atoms with van der Waals surface area (Å²) in [7, 11) is 1.63. The smallest absolute Gasteiger partial charge is 0.252 e. The minimum atomic E-state index is -1.02. The quantitative estimate of drug-likeness (QED) is 0.864. The monoisotopic (exact) mass is 308 g/mol. The van der Waals surface area contributed by atoms with Gasteiger partial charge in [0.2, 0.25) is 0 Å². The van der Waals surface area contributed by atoms with Crippen molar-refractivity contribution in [3.05, 3.63) is 72.3 Å². The van der Waals surface area contributed by atoms with E-state index in [1.54, 1.807) is 18.1 Å². The molecule has 23 heavy (non-hydrogen) atoms. The molecule has 2 aromatic rings. The Hall–Kier alpha value is -2.59. The Balaban J connectivity index is 1.96. The maximum Gasteiger partial charge on any atom is 0.252 e. The highest BCUT2D eigenvalue weighted by Crippen LogP contribution is 2.41. The van der Waals surface area contributed by atoms with Gasteiger partial charge in [-0.15, -0.1) is 6.58 Å². The van der Waals surface area contributed by atoms with Gasteiger partial charge in [0.15, 0.2) is 0 Å². The van der Waals surface area contributed by atoms with Crippen molar-refractivity contribution in [2.24, 2.45) is 5.73 Å². The first-order valence-electron chi connectivity index (χ1n) is 7.54. The van der Waals surface area contributed by atoms with Gasteiger partial charge in [0, 0.05) is 11.3 Å². The summed E-state index contributed by atoms with van der Waals surface area (Å²) in [6.45, 7) is 4.22. The number of methoxy groups -OCH3 is 1. The number of amides is 1. The third-order valence-corrected chi connectivity index (χ3v) is 4.27. The number of rotatable bonds is 5. The van der Waals surface area contributed by atoms with Crippen molar-refractivity contribution in [1.29, 1.82) is 0 Å². The van der Waals surface area contributed by atoms with Crippen molar-refractivity contribution in [1.82, 2.24) is 0 Å². The third kappa shape index (κ3) is 2.51. The van der Waals surface area contributed by atoms with Crippen LogP contribution in [0.5, 0.6) is 5.75 Å². The van der Waals surface area contributed by atoms with Crippen molar-refractivity contribution in [3.63, 3.8) is 0 Å². The van der Waals surface area contributed by atoms with Gasteiger partial charge in [-0.05, 0) is 30.2 Å². The number of carbonyl (C=O) groups excluding carboxylic acids is 1. The molecule has 0 aliphatic carbocycles. The fraction of sp³-hybridized carbons (Fsp3) is 0.211. The molecule has 1 aliphatic rings. The normalized spacial score (nSPS) is 19.6. The number of anilines is 1. The first-order chi connectivity index (χ1) is 11.1. The highest BCUT2D eigenvalue weighted by atomic mass is 16.5. The van der Waals surface area contributed by atoms with E-state index in [1.807, 2.05) is 48.5 Å². The zero-order valence-electron chi connectivity index (χ0n) is 13.2. The molecule has 118 valence electrons. The van der Waals surface area contributed by atoms with Crippen LogP contribution >= 0.6 is 0 Å². The van der Waals surface area contributed by atoms with Crippen molar-refractivity contribution >= 4 is 11.6 Å². The number of carbonyl (C=O) groups is 1. The van der Waals surface area contributed by atoms with E-state index in [0.717, 1.165) is 22.6 Å². The van der Waals surface area contributed by atoms with Crippen LogP contribution in [0.15, 0.2) is 61.2 Å². The first kappa shape index (κ1) is 15.3. The van der Waals surface area contributed by atoms with Gasteiger partial charge in [0.05, 0.1) is 13.7 Å². The summed E-state index contributed by atoms with van der Waals surface area (Å²) < 4.78 is 5.17. The molecule has 2 N–H and O–H groups in total. The molecule has 2 aromatic carbocycles. The summed E-state index contributed by atoms with van der Waals surface area (Å²) in [6, 6.07) is 15.4. The Morgan fingerprint density at radius 3 is 2.57 bits per heavy atom. The van der Waals surface area contributed by atoms with E-state index in [1.165, 1.54) is 0 Å². The molecular formula is C19H20N2O2. The molecule has 0 spiro atoms. The predicted octanol–water partition coefficient (Wildman–Crippen LogP) is 2.97. The molecule has 1 heterocycles. The molecule has 3 rings (SSSR count). The fourth-order valence-corrected chi connectivity index (χ4v) is 3.05. The molecule has 0 saturated heterocycles. The van der Waals surface area contributed by atoms with Crippen LogP contribution in [0, 0.1) is 0 Å². The van der Waals surface area contributed by atoms with E-state index in [4.69, 9.17) is 10.5 Å². The fourth-order valence-electron chi connectivity index (χ4n) is 3.05. The molecule has 0 radical (unpaired) electrons. The lowest BCUT2D eigenvalue weighted by Crippen LogP contribution is -2.46. The molecule has 1 atom stereocenters. The highest BCUT2D eigenvalue weighted by molar-refractivity contribution is 6.07. The second-order valence-electron chi connectivity index (χ2n) is 5.72. The lowest BCUT2D eigenvalue weighted by Gasteiger charge is -2.23. The molecule has 0 unspecified atom stereocenters. The van der Waals surface area contributed by atoms with Crippen LogP contribution in [0.3, 0.4) is 0 Å². The second-order valence-corrected chi connectivity index (χ2v) is 5.72. The first-order valence-corrected chi connectivity index (χ1v) is 7.54. The number of hydrogen-bond acceptors (Lipinski definition) is 3. The summed E-state index contributed by atoms with van der Waals surface area (Å²) in [5.74, 6) is 0.705.